The van der Waals surface area contributed by atoms with Crippen LogP contribution in [0.4, 0.5) is 4.79 Å². The summed E-state index contributed by atoms with van der Waals surface area (Å²) in [5.74, 6) is -1.63. The highest BCUT2D eigenvalue weighted by Crippen LogP contribution is 2.12. The van der Waals surface area contributed by atoms with Crippen LogP contribution in [0.5, 0.6) is 0 Å². The van der Waals surface area contributed by atoms with Crippen LogP contribution < -0.4 is 0 Å². The molecule has 0 aliphatic rings. The van der Waals surface area contributed by atoms with Gasteiger partial charge in [0.25, 0.3) is 0 Å². The van der Waals surface area contributed by atoms with Crippen molar-refractivity contribution >= 4 is 30.0 Å². The molecule has 304 valence electrons. The van der Waals surface area contributed by atoms with E-state index in [1.54, 1.807) is 0 Å². The maximum atomic E-state index is 12.8. The van der Waals surface area contributed by atoms with Crippen LogP contribution in [0.25, 0.3) is 0 Å². The summed E-state index contributed by atoms with van der Waals surface area (Å²) in [4.78, 5) is 63.0. The number of nitrogens with zero attached hydrogens (tertiary/aromatic N) is 1. The molecular formula is C40H73NO11. The predicted molar refractivity (Wildman–Crippen MR) is 201 cm³/mol. The second-order valence-corrected chi connectivity index (χ2v) is 13.7. The van der Waals surface area contributed by atoms with E-state index >= 15 is 0 Å². The summed E-state index contributed by atoms with van der Waals surface area (Å²) in [6.45, 7) is 5.91. The molecule has 52 heavy (non-hydrogen) atoms. The van der Waals surface area contributed by atoms with Crippen molar-refractivity contribution in [3.05, 3.63) is 0 Å². The Labute approximate surface area is 314 Å². The van der Waals surface area contributed by atoms with Gasteiger partial charge in [0, 0.05) is 32.2 Å². The van der Waals surface area contributed by atoms with E-state index in [0.717, 1.165) is 44.9 Å². The minimum Gasteiger partial charge on any atom is -0.466 e. The molecule has 0 aliphatic heterocycles. The van der Waals surface area contributed by atoms with E-state index in [0.29, 0.717) is 64.7 Å². The number of carbonyl (C=O) groups excluding carboxylic acids is 5. The maximum absolute atomic E-state index is 12.8. The molecule has 0 bridgehead atoms. The number of likely N-dealkylation sites (N-methyl/N-ethyl adjacent to an activating group) is 1. The Morgan fingerprint density at radius 3 is 1.27 bits per heavy atom. The molecule has 0 aromatic carbocycles. The maximum Gasteiger partial charge on any atom is 0.509 e. The Morgan fingerprint density at radius 2 is 0.827 bits per heavy atom. The fourth-order valence-corrected chi connectivity index (χ4v) is 5.19. The van der Waals surface area contributed by atoms with Gasteiger partial charge in [0.05, 0.1) is 26.4 Å². The third-order valence-electron chi connectivity index (χ3n) is 8.45. The number of ether oxygens (including phenoxy) is 6. The highest BCUT2D eigenvalue weighted by Gasteiger charge is 2.26. The van der Waals surface area contributed by atoms with Crippen LogP contribution in [0, 0.1) is 0 Å². The molecule has 12 heteroatoms. The molecule has 12 nitrogen and oxygen atoms in total. The normalized spacial score (nSPS) is 11.6. The second-order valence-electron chi connectivity index (χ2n) is 13.7. The average molecular weight is 744 g/mol. The summed E-state index contributed by atoms with van der Waals surface area (Å²) in [5, 5.41) is 0. The summed E-state index contributed by atoms with van der Waals surface area (Å²) in [7, 11) is 3.66. The molecule has 0 radical (unpaired) electrons. The molecule has 0 amide bonds. The van der Waals surface area contributed by atoms with Gasteiger partial charge in [0.15, 0.2) is 0 Å². The molecule has 0 aromatic rings. The summed E-state index contributed by atoms with van der Waals surface area (Å²) in [5.41, 5.74) is 0. The van der Waals surface area contributed by atoms with Crippen molar-refractivity contribution in [3.63, 3.8) is 0 Å². The van der Waals surface area contributed by atoms with Gasteiger partial charge in [-0.15, -0.1) is 0 Å². The van der Waals surface area contributed by atoms with E-state index in [1.807, 2.05) is 19.0 Å². The minimum absolute atomic E-state index is 0.0810. The molecule has 0 saturated carbocycles. The third-order valence-corrected chi connectivity index (χ3v) is 8.45. The van der Waals surface area contributed by atoms with Crippen LogP contribution in [0.3, 0.4) is 0 Å². The fourth-order valence-electron chi connectivity index (χ4n) is 5.19. The first-order valence-corrected chi connectivity index (χ1v) is 20.3. The molecular weight excluding hydrogens is 670 g/mol. The van der Waals surface area contributed by atoms with E-state index in [9.17, 15) is 24.0 Å². The lowest BCUT2D eigenvalue weighted by molar-refractivity contribution is -0.156. The van der Waals surface area contributed by atoms with Crippen molar-refractivity contribution in [1.29, 1.82) is 0 Å². The average Bonchev–Trinajstić information content (AvgIpc) is 3.11. The van der Waals surface area contributed by atoms with Gasteiger partial charge >= 0.3 is 30.0 Å². The zero-order valence-corrected chi connectivity index (χ0v) is 33.2. The zero-order valence-electron chi connectivity index (χ0n) is 33.2. The third kappa shape index (κ3) is 34.2. The van der Waals surface area contributed by atoms with Gasteiger partial charge in [0.1, 0.15) is 6.61 Å². The quantitative estimate of drug-likeness (QED) is 0.0344. The van der Waals surface area contributed by atoms with Crippen molar-refractivity contribution in [3.8, 4) is 0 Å². The molecule has 1 atom stereocenters. The summed E-state index contributed by atoms with van der Waals surface area (Å²) in [6, 6.07) is 0. The molecule has 1 unspecified atom stereocenters. The largest absolute Gasteiger partial charge is 0.509 e. The van der Waals surface area contributed by atoms with Crippen LogP contribution in [0.2, 0.25) is 0 Å². The zero-order chi connectivity index (χ0) is 38.5. The number of hydrogen-bond acceptors (Lipinski definition) is 12. The smallest absolute Gasteiger partial charge is 0.466 e. The van der Waals surface area contributed by atoms with Crippen molar-refractivity contribution in [2.75, 3.05) is 53.7 Å². The molecule has 0 aromatic heterocycles. The second kappa shape index (κ2) is 36.5. The molecule has 0 rings (SSSR count). The summed E-state index contributed by atoms with van der Waals surface area (Å²) >= 11 is 0. The molecule has 0 fully saturated rings. The van der Waals surface area contributed by atoms with E-state index in [-0.39, 0.29) is 44.6 Å². The van der Waals surface area contributed by atoms with E-state index in [1.165, 1.54) is 51.4 Å². The number of unbranched alkanes of at least 4 members (excludes halogenated alkanes) is 16. The number of rotatable bonds is 36. The Bertz CT molecular complexity index is 912. The Hall–Kier alpha value is -2.89. The summed E-state index contributed by atoms with van der Waals surface area (Å²) in [6.07, 6.45) is 18.3. The Kier molecular flexibility index (Phi) is 34.4. The molecule has 0 heterocycles. The summed E-state index contributed by atoms with van der Waals surface area (Å²) < 4.78 is 31.5. The van der Waals surface area contributed by atoms with Gasteiger partial charge in [-0.2, -0.15) is 0 Å². The first-order valence-electron chi connectivity index (χ1n) is 20.3. The van der Waals surface area contributed by atoms with Gasteiger partial charge < -0.3 is 33.3 Å². The lowest BCUT2D eigenvalue weighted by atomic mass is 10.1. The molecule has 0 N–H and O–H groups in total. The van der Waals surface area contributed by atoms with Gasteiger partial charge in [0.2, 0.25) is 6.10 Å². The van der Waals surface area contributed by atoms with Crippen LogP contribution in [-0.4, -0.2) is 94.7 Å². The van der Waals surface area contributed by atoms with Gasteiger partial charge in [-0.1, -0.05) is 90.9 Å². The Balaban J connectivity index is 4.25. The highest BCUT2D eigenvalue weighted by atomic mass is 16.7. The van der Waals surface area contributed by atoms with E-state index < -0.39 is 24.2 Å². The lowest BCUT2D eigenvalue weighted by Crippen LogP contribution is -2.31. The van der Waals surface area contributed by atoms with Gasteiger partial charge in [-0.05, 0) is 65.5 Å². The van der Waals surface area contributed by atoms with Crippen LogP contribution in [0.15, 0.2) is 0 Å². The Morgan fingerprint density at radius 1 is 0.442 bits per heavy atom. The minimum atomic E-state index is -1.32. The topological polar surface area (TPSA) is 144 Å². The fraction of sp³-hybridized carbons (Fsp3) is 0.875. The van der Waals surface area contributed by atoms with Crippen molar-refractivity contribution in [2.24, 2.45) is 0 Å². The van der Waals surface area contributed by atoms with Gasteiger partial charge in [-0.3, -0.25) is 14.4 Å². The van der Waals surface area contributed by atoms with Crippen LogP contribution in [0.1, 0.15) is 168 Å². The van der Waals surface area contributed by atoms with Crippen LogP contribution in [-0.2, 0) is 47.6 Å². The first-order chi connectivity index (χ1) is 25.2. The SMILES string of the molecule is CCCCCCCCCC(=O)OCCCCCOC(=O)CCC(OC(=O)OCCN(C)C)C(=O)OCCCCCOC(=O)CCCCCCCCC. The standard InChI is InChI=1S/C40H73NO11/c1-5-7-9-11-13-15-19-25-36(42)47-30-21-17-22-32-49-38(44)28-27-35(52-40(46)51-34-29-41(3)4)39(45)50-33-24-18-23-31-48-37(43)26-20-16-14-12-10-8-6-2/h35H,5-34H2,1-4H3. The molecule has 0 aliphatic carbocycles. The van der Waals surface area contributed by atoms with Crippen molar-refractivity contribution in [2.45, 2.75) is 174 Å². The first kappa shape index (κ1) is 49.1. The number of hydrogen-bond donors (Lipinski definition) is 0. The number of esters is 4. The predicted octanol–water partition coefficient (Wildman–Crippen LogP) is 8.64. The van der Waals surface area contributed by atoms with E-state index in [4.69, 9.17) is 28.4 Å². The van der Waals surface area contributed by atoms with E-state index in [2.05, 4.69) is 13.8 Å². The monoisotopic (exact) mass is 744 g/mol. The highest BCUT2D eigenvalue weighted by molar-refractivity contribution is 5.78. The molecule has 0 spiro atoms. The van der Waals surface area contributed by atoms with Gasteiger partial charge in [-0.25, -0.2) is 9.59 Å². The van der Waals surface area contributed by atoms with Crippen molar-refractivity contribution < 1.29 is 52.4 Å². The lowest BCUT2D eigenvalue weighted by Gasteiger charge is -2.17. The van der Waals surface area contributed by atoms with Crippen molar-refractivity contribution in [1.82, 2.24) is 4.90 Å². The molecule has 0 saturated heterocycles. The van der Waals surface area contributed by atoms with Crippen LogP contribution >= 0.6 is 0 Å². The number of carbonyl (C=O) groups is 5.